The van der Waals surface area contributed by atoms with E-state index in [2.05, 4.69) is 11.9 Å². The van der Waals surface area contributed by atoms with Crippen LogP contribution >= 0.6 is 0 Å². The molecule has 0 aromatic carbocycles. The first-order chi connectivity index (χ1) is 8.20. The lowest BCUT2D eigenvalue weighted by molar-refractivity contribution is -0.137. The van der Waals surface area contributed by atoms with E-state index < -0.39 is 0 Å². The van der Waals surface area contributed by atoms with Crippen LogP contribution in [-0.4, -0.2) is 49.2 Å². The van der Waals surface area contributed by atoms with Gasteiger partial charge in [-0.2, -0.15) is 0 Å². The highest BCUT2D eigenvalue weighted by Crippen LogP contribution is 2.29. The molecule has 2 aliphatic rings. The van der Waals surface area contributed by atoms with Crippen molar-refractivity contribution in [2.75, 3.05) is 20.3 Å². The average molecular weight is 238 g/mol. The minimum Gasteiger partial charge on any atom is -0.368 e. The molecule has 1 amide bonds. The Kier molecular flexibility index (Phi) is 4.18. The fraction of sp³-hybridized carbons (Fsp3) is 0.769. The Morgan fingerprint density at radius 1 is 1.47 bits per heavy atom. The Labute approximate surface area is 103 Å². The van der Waals surface area contributed by atoms with Crippen LogP contribution in [0.2, 0.25) is 0 Å². The third kappa shape index (κ3) is 3.07. The van der Waals surface area contributed by atoms with Gasteiger partial charge in [-0.15, -0.1) is 6.58 Å². The predicted octanol–water partition coefficient (Wildman–Crippen LogP) is 0.930. The van der Waals surface area contributed by atoms with E-state index >= 15 is 0 Å². The Bertz CT molecular complexity index is 281. The van der Waals surface area contributed by atoms with Gasteiger partial charge < -0.3 is 15.0 Å². The highest BCUT2D eigenvalue weighted by molar-refractivity contribution is 5.77. The monoisotopic (exact) mass is 238 g/mol. The van der Waals surface area contributed by atoms with Crippen molar-refractivity contribution in [3.05, 3.63) is 12.7 Å². The number of nitrogens with zero attached hydrogens (tertiary/aromatic N) is 1. The third-order valence-electron chi connectivity index (χ3n) is 3.85. The average Bonchev–Trinajstić information content (AvgIpc) is 2.67. The van der Waals surface area contributed by atoms with Gasteiger partial charge in [0.05, 0.1) is 6.61 Å². The molecule has 2 aliphatic heterocycles. The molecule has 0 spiro atoms. The molecule has 2 atom stereocenters. The van der Waals surface area contributed by atoms with Crippen LogP contribution in [0.15, 0.2) is 12.7 Å². The second kappa shape index (κ2) is 5.65. The van der Waals surface area contributed by atoms with E-state index in [1.54, 1.807) is 6.08 Å². The normalized spacial score (nSPS) is 31.2. The molecule has 2 saturated heterocycles. The van der Waals surface area contributed by atoms with Gasteiger partial charge in [-0.25, -0.2) is 0 Å². The van der Waals surface area contributed by atoms with Crippen molar-refractivity contribution in [3.8, 4) is 0 Å². The molecular formula is C13H22N2O2. The zero-order valence-electron chi connectivity index (χ0n) is 10.5. The van der Waals surface area contributed by atoms with Crippen molar-refractivity contribution in [2.45, 2.75) is 43.8 Å². The fourth-order valence-electron chi connectivity index (χ4n) is 2.88. The molecule has 17 heavy (non-hydrogen) atoms. The molecule has 2 fully saturated rings. The second-order valence-electron chi connectivity index (χ2n) is 5.07. The maximum absolute atomic E-state index is 11.9. The number of nitrogens with one attached hydrogen (secondary N) is 1. The molecule has 1 N–H and O–H groups in total. The van der Waals surface area contributed by atoms with Crippen molar-refractivity contribution >= 4 is 5.91 Å². The minimum absolute atomic E-state index is 0.0816. The molecular weight excluding hydrogens is 216 g/mol. The van der Waals surface area contributed by atoms with Gasteiger partial charge in [0.15, 0.2) is 0 Å². The topological polar surface area (TPSA) is 41.6 Å². The Morgan fingerprint density at radius 2 is 2.12 bits per heavy atom. The van der Waals surface area contributed by atoms with Crippen molar-refractivity contribution in [1.29, 1.82) is 0 Å². The summed E-state index contributed by atoms with van der Waals surface area (Å²) in [5.41, 5.74) is 0. The van der Waals surface area contributed by atoms with Gasteiger partial charge in [0.2, 0.25) is 5.91 Å². The maximum atomic E-state index is 11.9. The van der Waals surface area contributed by atoms with Gasteiger partial charge in [-0.05, 0) is 25.7 Å². The molecule has 0 radical (unpaired) electrons. The SMILES string of the molecule is C=CCOCC(=O)N(C)C1CC2CCC(C1)N2. The molecule has 2 bridgehead atoms. The van der Waals surface area contributed by atoms with Crippen LogP contribution in [0.5, 0.6) is 0 Å². The van der Waals surface area contributed by atoms with Gasteiger partial charge in [0, 0.05) is 25.2 Å². The molecule has 2 unspecified atom stereocenters. The summed E-state index contributed by atoms with van der Waals surface area (Å²) in [7, 11) is 1.90. The van der Waals surface area contributed by atoms with E-state index in [1.165, 1.54) is 12.8 Å². The van der Waals surface area contributed by atoms with Crippen LogP contribution in [0, 0.1) is 0 Å². The lowest BCUT2D eigenvalue weighted by atomic mass is 9.98. The quantitative estimate of drug-likeness (QED) is 0.572. The van der Waals surface area contributed by atoms with Gasteiger partial charge in [-0.3, -0.25) is 4.79 Å². The molecule has 96 valence electrons. The summed E-state index contributed by atoms with van der Waals surface area (Å²) in [6, 6.07) is 1.61. The van der Waals surface area contributed by atoms with Crippen LogP contribution in [0.3, 0.4) is 0 Å². The van der Waals surface area contributed by atoms with Crippen LogP contribution < -0.4 is 5.32 Å². The van der Waals surface area contributed by atoms with Crippen molar-refractivity contribution in [1.82, 2.24) is 10.2 Å². The van der Waals surface area contributed by atoms with Crippen LogP contribution in [0.4, 0.5) is 0 Å². The lowest BCUT2D eigenvalue weighted by Crippen LogP contribution is -2.49. The van der Waals surface area contributed by atoms with Crippen molar-refractivity contribution in [2.24, 2.45) is 0 Å². The number of piperidine rings is 1. The zero-order chi connectivity index (χ0) is 12.3. The van der Waals surface area contributed by atoms with Crippen LogP contribution in [0.25, 0.3) is 0 Å². The maximum Gasteiger partial charge on any atom is 0.248 e. The molecule has 0 aromatic rings. The first kappa shape index (κ1) is 12.6. The molecule has 0 saturated carbocycles. The van der Waals surface area contributed by atoms with Crippen LogP contribution in [-0.2, 0) is 9.53 Å². The van der Waals surface area contributed by atoms with E-state index in [0.717, 1.165) is 12.8 Å². The van der Waals surface area contributed by atoms with E-state index in [9.17, 15) is 4.79 Å². The van der Waals surface area contributed by atoms with E-state index in [4.69, 9.17) is 4.74 Å². The zero-order valence-corrected chi connectivity index (χ0v) is 10.5. The summed E-state index contributed by atoms with van der Waals surface area (Å²) in [6.07, 6.45) is 6.35. The largest absolute Gasteiger partial charge is 0.368 e. The smallest absolute Gasteiger partial charge is 0.248 e. The number of carbonyl (C=O) groups is 1. The summed E-state index contributed by atoms with van der Waals surface area (Å²) in [4.78, 5) is 13.8. The number of hydrogen-bond acceptors (Lipinski definition) is 3. The number of carbonyl (C=O) groups excluding carboxylic acids is 1. The summed E-state index contributed by atoms with van der Waals surface area (Å²) >= 11 is 0. The number of rotatable bonds is 5. The molecule has 0 aliphatic carbocycles. The van der Waals surface area contributed by atoms with Gasteiger partial charge in [-0.1, -0.05) is 6.08 Å². The standard InChI is InChI=1S/C13H22N2O2/c1-3-6-17-9-13(16)15(2)12-7-10-4-5-11(8-12)14-10/h3,10-12,14H,1,4-9H2,2H3. The van der Waals surface area contributed by atoms with E-state index in [1.807, 2.05) is 11.9 Å². The minimum atomic E-state index is 0.0816. The number of ether oxygens (including phenoxy) is 1. The molecule has 0 aromatic heterocycles. The Morgan fingerprint density at radius 3 is 2.71 bits per heavy atom. The molecule has 2 heterocycles. The highest BCUT2D eigenvalue weighted by Gasteiger charge is 2.36. The Balaban J connectivity index is 1.80. The summed E-state index contributed by atoms with van der Waals surface area (Å²) < 4.78 is 5.20. The summed E-state index contributed by atoms with van der Waals surface area (Å²) in [5.74, 6) is 0.0816. The fourth-order valence-corrected chi connectivity index (χ4v) is 2.88. The molecule has 2 rings (SSSR count). The van der Waals surface area contributed by atoms with Crippen LogP contribution in [0.1, 0.15) is 25.7 Å². The predicted molar refractivity (Wildman–Crippen MR) is 66.8 cm³/mol. The lowest BCUT2D eigenvalue weighted by Gasteiger charge is -2.35. The molecule has 4 nitrogen and oxygen atoms in total. The first-order valence-electron chi connectivity index (χ1n) is 6.41. The molecule has 4 heteroatoms. The highest BCUT2D eigenvalue weighted by atomic mass is 16.5. The second-order valence-corrected chi connectivity index (χ2v) is 5.07. The summed E-state index contributed by atoms with van der Waals surface area (Å²) in [5, 5.41) is 3.58. The van der Waals surface area contributed by atoms with Crippen molar-refractivity contribution in [3.63, 3.8) is 0 Å². The van der Waals surface area contributed by atoms with Gasteiger partial charge in [0.25, 0.3) is 0 Å². The van der Waals surface area contributed by atoms with Crippen molar-refractivity contribution < 1.29 is 9.53 Å². The third-order valence-corrected chi connectivity index (χ3v) is 3.85. The Hall–Kier alpha value is -0.870. The number of fused-ring (bicyclic) bond motifs is 2. The number of amides is 1. The van der Waals surface area contributed by atoms with Gasteiger partial charge in [0.1, 0.15) is 6.61 Å². The number of hydrogen-bond donors (Lipinski definition) is 1. The van der Waals surface area contributed by atoms with Gasteiger partial charge >= 0.3 is 0 Å². The first-order valence-corrected chi connectivity index (χ1v) is 6.41. The van der Waals surface area contributed by atoms with E-state index in [0.29, 0.717) is 24.7 Å². The van der Waals surface area contributed by atoms with E-state index in [-0.39, 0.29) is 12.5 Å². The number of likely N-dealkylation sites (N-methyl/N-ethyl adjacent to an activating group) is 1. The summed E-state index contributed by atoms with van der Waals surface area (Å²) in [6.45, 7) is 4.17.